The molecule has 1 N–H and O–H groups in total. The van der Waals surface area contributed by atoms with Crippen molar-refractivity contribution in [3.05, 3.63) is 0 Å². The van der Waals surface area contributed by atoms with Crippen LogP contribution in [0.1, 0.15) is 34.1 Å². The van der Waals surface area contributed by atoms with Crippen molar-refractivity contribution in [3.8, 4) is 0 Å². The van der Waals surface area contributed by atoms with E-state index in [4.69, 9.17) is 4.74 Å². The van der Waals surface area contributed by atoms with Gasteiger partial charge in [-0.2, -0.15) is 0 Å². The molecule has 2 heteroatoms. The zero-order valence-corrected chi connectivity index (χ0v) is 9.11. The number of ether oxygens (including phenoxy) is 1. The van der Waals surface area contributed by atoms with Gasteiger partial charge in [0.25, 0.3) is 0 Å². The number of nitrogens with one attached hydrogen (secondary N) is 1. The second-order valence-corrected chi connectivity index (χ2v) is 4.19. The molecule has 0 heterocycles. The van der Waals surface area contributed by atoms with Crippen molar-refractivity contribution < 1.29 is 4.74 Å². The molecular formula is C10H23NO. The Morgan fingerprint density at radius 3 is 2.42 bits per heavy atom. The molecule has 74 valence electrons. The molecule has 0 spiro atoms. The summed E-state index contributed by atoms with van der Waals surface area (Å²) in [5.41, 5.74) is 0.410. The molecule has 1 unspecified atom stereocenters. The summed E-state index contributed by atoms with van der Waals surface area (Å²) in [5.74, 6) is 0. The fourth-order valence-electron chi connectivity index (χ4n) is 0.822. The molecule has 0 aliphatic carbocycles. The van der Waals surface area contributed by atoms with Crippen LogP contribution in [-0.4, -0.2) is 26.3 Å². The lowest BCUT2D eigenvalue weighted by atomic mass is 9.90. The van der Waals surface area contributed by atoms with Crippen LogP contribution in [0.25, 0.3) is 0 Å². The van der Waals surface area contributed by atoms with Gasteiger partial charge >= 0.3 is 0 Å². The molecule has 0 bridgehead atoms. The molecule has 0 aromatic heterocycles. The van der Waals surface area contributed by atoms with Gasteiger partial charge in [0.1, 0.15) is 0 Å². The molecule has 12 heavy (non-hydrogen) atoms. The molecule has 0 fully saturated rings. The summed E-state index contributed by atoms with van der Waals surface area (Å²) in [5, 5.41) is 3.40. The van der Waals surface area contributed by atoms with Crippen LogP contribution < -0.4 is 5.32 Å². The van der Waals surface area contributed by atoms with Gasteiger partial charge in [0.2, 0.25) is 0 Å². The minimum absolute atomic E-state index is 0.317. The third-order valence-corrected chi connectivity index (χ3v) is 2.39. The van der Waals surface area contributed by atoms with Crippen LogP contribution in [0.3, 0.4) is 0 Å². The van der Waals surface area contributed by atoms with Crippen molar-refractivity contribution in [2.75, 3.05) is 20.2 Å². The van der Waals surface area contributed by atoms with Crippen molar-refractivity contribution in [1.82, 2.24) is 5.32 Å². The summed E-state index contributed by atoms with van der Waals surface area (Å²) in [6.45, 7) is 10.9. The van der Waals surface area contributed by atoms with Crippen LogP contribution in [0.5, 0.6) is 0 Å². The van der Waals surface area contributed by atoms with E-state index in [0.29, 0.717) is 11.5 Å². The lowest BCUT2D eigenvalue weighted by Gasteiger charge is -2.23. The smallest absolute Gasteiger partial charge is 0.0667 e. The van der Waals surface area contributed by atoms with E-state index < -0.39 is 0 Å². The fraction of sp³-hybridized carbons (Fsp3) is 1.00. The predicted molar refractivity (Wildman–Crippen MR) is 53.4 cm³/mol. The first-order valence-corrected chi connectivity index (χ1v) is 4.75. The van der Waals surface area contributed by atoms with Gasteiger partial charge in [0, 0.05) is 20.2 Å². The third kappa shape index (κ3) is 5.56. The summed E-state index contributed by atoms with van der Waals surface area (Å²) >= 11 is 0. The molecule has 0 aliphatic heterocycles. The van der Waals surface area contributed by atoms with Crippen LogP contribution in [0.4, 0.5) is 0 Å². The average Bonchev–Trinajstić information content (AvgIpc) is 2.04. The van der Waals surface area contributed by atoms with Gasteiger partial charge < -0.3 is 10.1 Å². The quantitative estimate of drug-likeness (QED) is 0.663. The topological polar surface area (TPSA) is 21.3 Å². The Hall–Kier alpha value is -0.0800. The van der Waals surface area contributed by atoms with Crippen LogP contribution in [0, 0.1) is 5.41 Å². The zero-order chi connectivity index (χ0) is 9.61. The van der Waals surface area contributed by atoms with Crippen molar-refractivity contribution in [1.29, 1.82) is 0 Å². The average molecular weight is 173 g/mol. The highest BCUT2D eigenvalue weighted by Crippen LogP contribution is 2.17. The maximum atomic E-state index is 5.14. The minimum atomic E-state index is 0.317. The molecule has 0 radical (unpaired) electrons. The maximum absolute atomic E-state index is 5.14. The fourth-order valence-corrected chi connectivity index (χ4v) is 0.822. The monoisotopic (exact) mass is 173 g/mol. The van der Waals surface area contributed by atoms with Gasteiger partial charge in [-0.3, -0.25) is 0 Å². The Bertz CT molecular complexity index is 112. The van der Waals surface area contributed by atoms with Crippen LogP contribution in [0.2, 0.25) is 0 Å². The largest absolute Gasteiger partial charge is 0.380 e. The maximum Gasteiger partial charge on any atom is 0.0667 e. The molecule has 0 rings (SSSR count). The molecule has 0 aromatic carbocycles. The van der Waals surface area contributed by atoms with Crippen LogP contribution in [0.15, 0.2) is 0 Å². The van der Waals surface area contributed by atoms with E-state index in [-0.39, 0.29) is 0 Å². The number of rotatable bonds is 6. The van der Waals surface area contributed by atoms with Gasteiger partial charge in [-0.15, -0.1) is 0 Å². The number of hydrogen-bond donors (Lipinski definition) is 1. The molecule has 0 saturated heterocycles. The highest BCUT2D eigenvalue weighted by molar-refractivity contribution is 4.70. The summed E-state index contributed by atoms with van der Waals surface area (Å²) in [4.78, 5) is 0. The standard InChI is InChI=1S/C10H23NO/c1-6-10(3,4)8-11-7-9(2)12-5/h9,11H,6-8H2,1-5H3. The Morgan fingerprint density at radius 2 is 2.00 bits per heavy atom. The summed E-state index contributed by atoms with van der Waals surface area (Å²) in [6, 6.07) is 0. The van der Waals surface area contributed by atoms with Crippen LogP contribution in [-0.2, 0) is 4.74 Å². The molecule has 0 amide bonds. The summed E-state index contributed by atoms with van der Waals surface area (Å²) < 4.78 is 5.14. The van der Waals surface area contributed by atoms with E-state index in [9.17, 15) is 0 Å². The predicted octanol–water partition coefficient (Wildman–Crippen LogP) is 2.05. The minimum Gasteiger partial charge on any atom is -0.380 e. The lowest BCUT2D eigenvalue weighted by Crippen LogP contribution is -2.34. The van der Waals surface area contributed by atoms with E-state index in [1.54, 1.807) is 7.11 Å². The Labute approximate surface area is 76.7 Å². The van der Waals surface area contributed by atoms with E-state index in [1.165, 1.54) is 6.42 Å². The highest BCUT2D eigenvalue weighted by Gasteiger charge is 2.14. The lowest BCUT2D eigenvalue weighted by molar-refractivity contribution is 0.114. The van der Waals surface area contributed by atoms with E-state index >= 15 is 0 Å². The molecule has 2 nitrogen and oxygen atoms in total. The third-order valence-electron chi connectivity index (χ3n) is 2.39. The van der Waals surface area contributed by atoms with Gasteiger partial charge in [-0.25, -0.2) is 0 Å². The van der Waals surface area contributed by atoms with Gasteiger partial charge in [0.05, 0.1) is 6.10 Å². The van der Waals surface area contributed by atoms with Crippen molar-refractivity contribution in [2.45, 2.75) is 40.2 Å². The molecular weight excluding hydrogens is 150 g/mol. The number of hydrogen-bond acceptors (Lipinski definition) is 2. The normalized spacial score (nSPS) is 14.8. The molecule has 1 atom stereocenters. The first kappa shape index (κ1) is 11.9. The second kappa shape index (κ2) is 5.55. The SMILES string of the molecule is CCC(C)(C)CNCC(C)OC. The van der Waals surface area contributed by atoms with Crippen LogP contribution >= 0.6 is 0 Å². The summed E-state index contributed by atoms with van der Waals surface area (Å²) in [7, 11) is 1.75. The zero-order valence-electron chi connectivity index (χ0n) is 9.11. The molecule has 0 aromatic rings. The van der Waals surface area contributed by atoms with Crippen molar-refractivity contribution >= 4 is 0 Å². The van der Waals surface area contributed by atoms with Gasteiger partial charge in [0.15, 0.2) is 0 Å². The second-order valence-electron chi connectivity index (χ2n) is 4.19. The van der Waals surface area contributed by atoms with E-state index in [1.807, 2.05) is 0 Å². The van der Waals surface area contributed by atoms with Gasteiger partial charge in [-0.05, 0) is 18.8 Å². The number of methoxy groups -OCH3 is 1. The first-order chi connectivity index (χ1) is 5.52. The van der Waals surface area contributed by atoms with E-state index in [0.717, 1.165) is 13.1 Å². The Morgan fingerprint density at radius 1 is 1.42 bits per heavy atom. The summed E-state index contributed by atoms with van der Waals surface area (Å²) in [6.07, 6.45) is 1.53. The van der Waals surface area contributed by atoms with Gasteiger partial charge in [-0.1, -0.05) is 20.8 Å². The molecule has 0 saturated carbocycles. The Kier molecular flexibility index (Phi) is 5.51. The Balaban J connectivity index is 3.42. The molecule has 0 aliphatic rings. The van der Waals surface area contributed by atoms with Crippen molar-refractivity contribution in [2.24, 2.45) is 5.41 Å². The van der Waals surface area contributed by atoms with E-state index in [2.05, 4.69) is 33.0 Å². The first-order valence-electron chi connectivity index (χ1n) is 4.75. The highest BCUT2D eigenvalue weighted by atomic mass is 16.5. The van der Waals surface area contributed by atoms with Crippen molar-refractivity contribution in [3.63, 3.8) is 0 Å².